The number of nitriles is 1. The molecular weight excluding hydrogens is 423 g/mol. The highest BCUT2D eigenvalue weighted by molar-refractivity contribution is 7.90. The highest BCUT2D eigenvalue weighted by atomic mass is 32.2. The Morgan fingerprint density at radius 1 is 1.10 bits per heavy atom. The number of nitrogens with zero attached hydrogens (tertiary/aromatic N) is 2. The lowest BCUT2D eigenvalue weighted by Crippen LogP contribution is -2.14. The molecule has 1 heterocycles. The van der Waals surface area contributed by atoms with E-state index < -0.39 is 28.2 Å². The molecule has 0 unspecified atom stereocenters. The van der Waals surface area contributed by atoms with Gasteiger partial charge in [-0.2, -0.15) is 5.26 Å². The second-order valence-corrected chi connectivity index (χ2v) is 8.53. The summed E-state index contributed by atoms with van der Waals surface area (Å²) in [5, 5.41) is 9.55. The van der Waals surface area contributed by atoms with Gasteiger partial charge in [-0.25, -0.2) is 22.6 Å². The van der Waals surface area contributed by atoms with Gasteiger partial charge in [0.1, 0.15) is 17.4 Å². The molecule has 0 N–H and O–H groups in total. The van der Waals surface area contributed by atoms with Crippen molar-refractivity contribution >= 4 is 15.8 Å². The summed E-state index contributed by atoms with van der Waals surface area (Å²) in [6, 6.07) is 15.1. The quantitative estimate of drug-likeness (QED) is 0.541. The predicted octanol–water partition coefficient (Wildman–Crippen LogP) is 3.38. The molecule has 3 rings (SSSR count). The summed E-state index contributed by atoms with van der Waals surface area (Å²) in [6.45, 7) is -0.441. The molecular formula is C22H17FN2O5S. The normalized spacial score (nSPS) is 10.9. The van der Waals surface area contributed by atoms with Crippen LogP contribution in [0.4, 0.5) is 4.39 Å². The molecule has 0 spiro atoms. The molecule has 0 saturated carbocycles. The van der Waals surface area contributed by atoms with Crippen molar-refractivity contribution < 1.29 is 27.1 Å². The van der Waals surface area contributed by atoms with Crippen molar-refractivity contribution in [2.24, 2.45) is 0 Å². The summed E-state index contributed by atoms with van der Waals surface area (Å²) in [5.41, 5.74) is 2.07. The fourth-order valence-electron chi connectivity index (χ4n) is 2.80. The number of ether oxygens (including phenoxy) is 2. The van der Waals surface area contributed by atoms with Gasteiger partial charge in [0.05, 0.1) is 17.7 Å². The number of pyridine rings is 1. The van der Waals surface area contributed by atoms with Crippen LogP contribution in [-0.4, -0.2) is 39.3 Å². The Morgan fingerprint density at radius 2 is 1.71 bits per heavy atom. The minimum absolute atomic E-state index is 0.0666. The van der Waals surface area contributed by atoms with Gasteiger partial charge in [-0.3, -0.25) is 0 Å². The first-order valence-corrected chi connectivity index (χ1v) is 10.8. The Balaban J connectivity index is 2.17. The van der Waals surface area contributed by atoms with Crippen LogP contribution in [0, 0.1) is 17.1 Å². The summed E-state index contributed by atoms with van der Waals surface area (Å²) in [7, 11) is -2.17. The van der Waals surface area contributed by atoms with Gasteiger partial charge in [-0.15, -0.1) is 0 Å². The van der Waals surface area contributed by atoms with Crippen molar-refractivity contribution in [2.75, 3.05) is 20.0 Å². The highest BCUT2D eigenvalue weighted by Crippen LogP contribution is 2.35. The predicted molar refractivity (Wildman–Crippen MR) is 110 cm³/mol. The minimum Gasteiger partial charge on any atom is -0.466 e. The van der Waals surface area contributed by atoms with E-state index in [9.17, 15) is 22.9 Å². The van der Waals surface area contributed by atoms with E-state index in [1.807, 2.05) is 6.07 Å². The third-order valence-corrected chi connectivity index (χ3v) is 5.50. The number of esters is 1. The van der Waals surface area contributed by atoms with Gasteiger partial charge in [-0.05, 0) is 48.0 Å². The van der Waals surface area contributed by atoms with Crippen LogP contribution in [0.1, 0.15) is 5.56 Å². The summed E-state index contributed by atoms with van der Waals surface area (Å²) < 4.78 is 46.8. The molecule has 0 fully saturated rings. The number of aromatic nitrogens is 1. The SMILES string of the molecule is COC(=O)COc1nc(-c2ccc(F)cc2)c(-c2ccc(S(C)(=O)=O)cc2)cc1C#N. The number of rotatable bonds is 6. The molecule has 158 valence electrons. The van der Waals surface area contributed by atoms with Gasteiger partial charge in [-0.1, -0.05) is 12.1 Å². The molecule has 0 aliphatic rings. The molecule has 0 atom stereocenters. The maximum atomic E-state index is 13.4. The Kier molecular flexibility index (Phi) is 6.32. The number of benzene rings is 2. The molecule has 0 aliphatic carbocycles. The number of hydrogen-bond acceptors (Lipinski definition) is 7. The maximum Gasteiger partial charge on any atom is 0.343 e. The molecule has 0 amide bonds. The number of carbonyl (C=O) groups excluding carboxylic acids is 1. The molecule has 9 heteroatoms. The van der Waals surface area contributed by atoms with Crippen LogP contribution < -0.4 is 4.74 Å². The number of hydrogen-bond donors (Lipinski definition) is 0. The van der Waals surface area contributed by atoms with Crippen molar-refractivity contribution in [3.63, 3.8) is 0 Å². The zero-order chi connectivity index (χ0) is 22.6. The van der Waals surface area contributed by atoms with Crippen LogP contribution in [0.5, 0.6) is 5.88 Å². The highest BCUT2D eigenvalue weighted by Gasteiger charge is 2.18. The van der Waals surface area contributed by atoms with E-state index in [-0.39, 0.29) is 16.3 Å². The van der Waals surface area contributed by atoms with Crippen molar-refractivity contribution in [2.45, 2.75) is 4.90 Å². The van der Waals surface area contributed by atoms with Crippen LogP contribution in [0.15, 0.2) is 59.5 Å². The lowest BCUT2D eigenvalue weighted by molar-refractivity contribution is -0.143. The van der Waals surface area contributed by atoms with E-state index in [4.69, 9.17) is 4.74 Å². The molecule has 1 aromatic heterocycles. The van der Waals surface area contributed by atoms with Gasteiger partial charge in [0.25, 0.3) is 0 Å². The average molecular weight is 440 g/mol. The molecule has 0 saturated heterocycles. The van der Waals surface area contributed by atoms with Crippen LogP contribution in [-0.2, 0) is 19.4 Å². The van der Waals surface area contributed by atoms with Crippen LogP contribution in [0.3, 0.4) is 0 Å². The third kappa shape index (κ3) is 5.05. The van der Waals surface area contributed by atoms with Crippen molar-refractivity contribution in [1.29, 1.82) is 5.26 Å². The van der Waals surface area contributed by atoms with Crippen LogP contribution in [0.25, 0.3) is 22.4 Å². The zero-order valence-electron chi connectivity index (χ0n) is 16.6. The summed E-state index contributed by atoms with van der Waals surface area (Å²) in [6.07, 6.45) is 1.11. The first-order valence-electron chi connectivity index (χ1n) is 8.94. The maximum absolute atomic E-state index is 13.4. The van der Waals surface area contributed by atoms with Gasteiger partial charge < -0.3 is 9.47 Å². The topological polar surface area (TPSA) is 106 Å². The Morgan fingerprint density at radius 3 is 2.26 bits per heavy atom. The second-order valence-electron chi connectivity index (χ2n) is 6.52. The lowest BCUT2D eigenvalue weighted by Gasteiger charge is -2.14. The van der Waals surface area contributed by atoms with Crippen molar-refractivity contribution in [1.82, 2.24) is 4.98 Å². The molecule has 3 aromatic rings. The largest absolute Gasteiger partial charge is 0.466 e. The number of methoxy groups -OCH3 is 1. The van der Waals surface area contributed by atoms with E-state index in [1.165, 1.54) is 49.6 Å². The summed E-state index contributed by atoms with van der Waals surface area (Å²) in [4.78, 5) is 16.0. The fourth-order valence-corrected chi connectivity index (χ4v) is 3.43. The Bertz CT molecular complexity index is 1260. The van der Waals surface area contributed by atoms with Gasteiger partial charge >= 0.3 is 5.97 Å². The lowest BCUT2D eigenvalue weighted by atomic mass is 9.98. The first-order chi connectivity index (χ1) is 14.7. The minimum atomic E-state index is -3.38. The Hall–Kier alpha value is -3.77. The summed E-state index contributed by atoms with van der Waals surface area (Å²) in [5.74, 6) is -1.16. The molecule has 31 heavy (non-hydrogen) atoms. The van der Waals surface area contributed by atoms with Crippen molar-refractivity contribution in [3.8, 4) is 34.3 Å². The number of halogens is 1. The smallest absolute Gasteiger partial charge is 0.343 e. The molecule has 2 aromatic carbocycles. The molecule has 0 bridgehead atoms. The second kappa shape index (κ2) is 8.93. The average Bonchev–Trinajstić information content (AvgIpc) is 2.77. The summed E-state index contributed by atoms with van der Waals surface area (Å²) >= 11 is 0. The van der Waals surface area contributed by atoms with Crippen LogP contribution in [0.2, 0.25) is 0 Å². The standard InChI is InChI=1S/C22H17FN2O5S/c1-29-20(26)13-30-22-16(12-24)11-19(14-5-9-18(10-6-14)31(2,27)28)21(25-22)15-3-7-17(23)8-4-15/h3-11H,13H2,1-2H3. The van der Waals surface area contributed by atoms with E-state index in [2.05, 4.69) is 9.72 Å². The number of sulfone groups is 1. The van der Waals surface area contributed by atoms with E-state index >= 15 is 0 Å². The fraction of sp³-hybridized carbons (Fsp3) is 0.136. The van der Waals surface area contributed by atoms with Crippen molar-refractivity contribution in [3.05, 3.63) is 66.0 Å². The Labute approximate surface area is 178 Å². The first kappa shape index (κ1) is 21.9. The monoisotopic (exact) mass is 440 g/mol. The van der Waals surface area contributed by atoms with Gasteiger partial charge in [0.2, 0.25) is 5.88 Å². The third-order valence-electron chi connectivity index (χ3n) is 4.37. The molecule has 0 aliphatic heterocycles. The van der Waals surface area contributed by atoms with E-state index in [0.717, 1.165) is 6.26 Å². The zero-order valence-corrected chi connectivity index (χ0v) is 17.4. The molecule has 0 radical (unpaired) electrons. The van der Waals surface area contributed by atoms with Gasteiger partial charge in [0.15, 0.2) is 16.4 Å². The van der Waals surface area contributed by atoms with Gasteiger partial charge in [0, 0.05) is 17.4 Å². The molecule has 7 nitrogen and oxygen atoms in total. The van der Waals surface area contributed by atoms with E-state index in [1.54, 1.807) is 12.1 Å². The number of carbonyl (C=O) groups is 1. The van der Waals surface area contributed by atoms with E-state index in [0.29, 0.717) is 22.4 Å². The van der Waals surface area contributed by atoms with Crippen LogP contribution >= 0.6 is 0 Å².